The van der Waals surface area contributed by atoms with Gasteiger partial charge in [0.1, 0.15) is 0 Å². The fourth-order valence-corrected chi connectivity index (χ4v) is 3.78. The molecule has 0 atom stereocenters. The summed E-state index contributed by atoms with van der Waals surface area (Å²) in [5.41, 5.74) is 0. The van der Waals surface area contributed by atoms with E-state index < -0.39 is 8.07 Å². The molecule has 1 rings (SSSR count). The highest BCUT2D eigenvalue weighted by Crippen LogP contribution is 2.10. The maximum Gasteiger partial charge on any atom is 0.0843 e. The van der Waals surface area contributed by atoms with Gasteiger partial charge in [-0.25, -0.2) is 0 Å². The fourth-order valence-electron chi connectivity index (χ4n) is 1.70. The van der Waals surface area contributed by atoms with Gasteiger partial charge in [-0.05, 0) is 19.4 Å². The summed E-state index contributed by atoms with van der Waals surface area (Å²) in [6.07, 6.45) is 9.98. The first-order valence-corrected chi connectivity index (χ1v) is 9.19. The van der Waals surface area contributed by atoms with Crippen molar-refractivity contribution in [2.75, 3.05) is 0 Å². The van der Waals surface area contributed by atoms with Crippen molar-refractivity contribution in [1.29, 1.82) is 0 Å². The number of hydrogen-bond acceptors (Lipinski definition) is 0. The second-order valence-electron chi connectivity index (χ2n) is 4.73. The van der Waals surface area contributed by atoms with Crippen LogP contribution in [0.4, 0.5) is 0 Å². The Bertz CT molecular complexity index is 347. The summed E-state index contributed by atoms with van der Waals surface area (Å²) in [5, 5.41) is 1.55. The molecule has 0 aromatic heterocycles. The number of hydrogen-bond donors (Lipinski definition) is 0. The van der Waals surface area contributed by atoms with Crippen LogP contribution in [0.1, 0.15) is 13.3 Å². The minimum Gasteiger partial charge on any atom is -0.0914 e. The third kappa shape index (κ3) is 4.19. The Labute approximate surface area is 101 Å². The molecule has 0 unspecified atom stereocenters. The van der Waals surface area contributed by atoms with Crippen molar-refractivity contribution in [2.24, 2.45) is 0 Å². The molecule has 0 nitrogen and oxygen atoms in total. The van der Waals surface area contributed by atoms with Crippen LogP contribution in [0.3, 0.4) is 0 Å². The molecule has 0 radical (unpaired) electrons. The molecule has 0 fully saturated rings. The molecule has 1 aromatic rings. The third-order valence-electron chi connectivity index (χ3n) is 2.86. The van der Waals surface area contributed by atoms with Crippen molar-refractivity contribution in [3.8, 4) is 0 Å². The molecule has 0 N–H and O–H groups in total. The van der Waals surface area contributed by atoms with Crippen LogP contribution in [-0.4, -0.2) is 8.07 Å². The first-order chi connectivity index (χ1) is 7.67. The SMILES string of the molecule is C/C=C/C/C=C/C[Si](C)(C)c1ccccc1. The number of rotatable bonds is 5. The first kappa shape index (κ1) is 13.0. The molecule has 0 aliphatic rings. The van der Waals surface area contributed by atoms with Crippen molar-refractivity contribution < 1.29 is 0 Å². The van der Waals surface area contributed by atoms with Crippen LogP contribution in [0.2, 0.25) is 19.1 Å². The van der Waals surface area contributed by atoms with Gasteiger partial charge in [0.15, 0.2) is 0 Å². The molecule has 0 saturated carbocycles. The predicted octanol–water partition coefficient (Wildman–Crippen LogP) is 4.12. The summed E-state index contributed by atoms with van der Waals surface area (Å²) in [6.45, 7) is 6.93. The van der Waals surface area contributed by atoms with Gasteiger partial charge in [-0.1, -0.05) is 72.9 Å². The normalized spacial score (nSPS) is 12.7. The third-order valence-corrected chi connectivity index (χ3v) is 6.01. The largest absolute Gasteiger partial charge is 0.0914 e. The summed E-state index contributed by atoms with van der Waals surface area (Å²) >= 11 is 0. The average molecular weight is 230 g/mol. The second-order valence-corrected chi connectivity index (χ2v) is 9.48. The van der Waals surface area contributed by atoms with E-state index in [0.29, 0.717) is 0 Å². The summed E-state index contributed by atoms with van der Waals surface area (Å²) in [5.74, 6) is 0. The lowest BCUT2D eigenvalue weighted by atomic mass is 10.3. The molecule has 1 aromatic carbocycles. The predicted molar refractivity (Wildman–Crippen MR) is 76.9 cm³/mol. The Morgan fingerprint density at radius 3 is 2.31 bits per heavy atom. The van der Waals surface area contributed by atoms with Crippen LogP contribution in [0.25, 0.3) is 0 Å². The van der Waals surface area contributed by atoms with E-state index in [2.05, 4.69) is 74.7 Å². The van der Waals surface area contributed by atoms with Crippen LogP contribution in [0, 0.1) is 0 Å². The molecular formula is C15H22Si. The van der Waals surface area contributed by atoms with Crippen LogP contribution in [0.5, 0.6) is 0 Å². The Hall–Kier alpha value is -1.08. The van der Waals surface area contributed by atoms with E-state index in [1.165, 1.54) is 6.04 Å². The Morgan fingerprint density at radius 1 is 1.00 bits per heavy atom. The van der Waals surface area contributed by atoms with Gasteiger partial charge in [0.25, 0.3) is 0 Å². The smallest absolute Gasteiger partial charge is 0.0843 e. The second kappa shape index (κ2) is 6.49. The number of benzene rings is 1. The Morgan fingerprint density at radius 2 is 1.69 bits per heavy atom. The zero-order valence-electron chi connectivity index (χ0n) is 10.6. The maximum atomic E-state index is 2.43. The first-order valence-electron chi connectivity index (χ1n) is 5.98. The van der Waals surface area contributed by atoms with Gasteiger partial charge in [0.05, 0.1) is 8.07 Å². The van der Waals surface area contributed by atoms with Crippen molar-refractivity contribution in [3.05, 3.63) is 54.6 Å². The van der Waals surface area contributed by atoms with E-state index in [9.17, 15) is 0 Å². The number of allylic oxidation sites excluding steroid dienone is 4. The van der Waals surface area contributed by atoms with Crippen LogP contribution in [-0.2, 0) is 0 Å². The quantitative estimate of drug-likeness (QED) is 0.527. The summed E-state index contributed by atoms with van der Waals surface area (Å²) in [7, 11) is -1.25. The van der Waals surface area contributed by atoms with Gasteiger partial charge >= 0.3 is 0 Å². The lowest BCUT2D eigenvalue weighted by molar-refractivity contribution is 1.35. The molecule has 0 amide bonds. The molecular weight excluding hydrogens is 208 g/mol. The van der Waals surface area contributed by atoms with Gasteiger partial charge in [-0.3, -0.25) is 0 Å². The zero-order valence-corrected chi connectivity index (χ0v) is 11.6. The van der Waals surface area contributed by atoms with Crippen molar-refractivity contribution in [3.63, 3.8) is 0 Å². The monoisotopic (exact) mass is 230 g/mol. The lowest BCUT2D eigenvalue weighted by Crippen LogP contribution is -2.40. The van der Waals surface area contributed by atoms with E-state index in [4.69, 9.17) is 0 Å². The van der Waals surface area contributed by atoms with Gasteiger partial charge in [0, 0.05) is 0 Å². The van der Waals surface area contributed by atoms with E-state index in [1.54, 1.807) is 5.19 Å². The van der Waals surface area contributed by atoms with Crippen LogP contribution >= 0.6 is 0 Å². The highest BCUT2D eigenvalue weighted by Gasteiger charge is 2.20. The maximum absolute atomic E-state index is 2.43. The zero-order chi connectivity index (χ0) is 11.9. The van der Waals surface area contributed by atoms with E-state index in [1.807, 2.05) is 0 Å². The van der Waals surface area contributed by atoms with Gasteiger partial charge in [0.2, 0.25) is 0 Å². The van der Waals surface area contributed by atoms with Gasteiger partial charge in [-0.2, -0.15) is 0 Å². The summed E-state index contributed by atoms with van der Waals surface area (Å²) in [4.78, 5) is 0. The van der Waals surface area contributed by atoms with Gasteiger partial charge < -0.3 is 0 Å². The van der Waals surface area contributed by atoms with E-state index in [0.717, 1.165) is 6.42 Å². The average Bonchev–Trinajstić information content (AvgIpc) is 2.30. The van der Waals surface area contributed by atoms with Crippen molar-refractivity contribution in [2.45, 2.75) is 32.5 Å². The highest BCUT2D eigenvalue weighted by molar-refractivity contribution is 6.90. The molecule has 0 heterocycles. The molecule has 0 aliphatic carbocycles. The lowest BCUT2D eigenvalue weighted by Gasteiger charge is -2.20. The van der Waals surface area contributed by atoms with Crippen LogP contribution < -0.4 is 5.19 Å². The molecule has 0 saturated heterocycles. The summed E-state index contributed by atoms with van der Waals surface area (Å²) in [6, 6.07) is 12.2. The molecule has 0 spiro atoms. The molecule has 0 aliphatic heterocycles. The van der Waals surface area contributed by atoms with E-state index in [-0.39, 0.29) is 0 Å². The summed E-state index contributed by atoms with van der Waals surface area (Å²) < 4.78 is 0. The Balaban J connectivity index is 2.55. The standard InChI is InChI=1S/C15H22Si/c1-4-5-6-7-11-14-16(2,3)15-12-9-8-10-13-15/h4-5,7-13H,6,14H2,1-3H3/b5-4+,11-7+. The molecule has 1 heteroatoms. The minimum absolute atomic E-state index is 1.07. The molecule has 0 bridgehead atoms. The Kier molecular flexibility index (Phi) is 5.27. The van der Waals surface area contributed by atoms with Crippen molar-refractivity contribution >= 4 is 13.3 Å². The van der Waals surface area contributed by atoms with Crippen LogP contribution in [0.15, 0.2) is 54.6 Å². The minimum atomic E-state index is -1.25. The highest BCUT2D eigenvalue weighted by atomic mass is 28.3. The van der Waals surface area contributed by atoms with Crippen molar-refractivity contribution in [1.82, 2.24) is 0 Å². The fraction of sp³-hybridized carbons (Fsp3) is 0.333. The van der Waals surface area contributed by atoms with Gasteiger partial charge in [-0.15, -0.1) is 0 Å². The molecule has 86 valence electrons. The van der Waals surface area contributed by atoms with E-state index >= 15 is 0 Å². The topological polar surface area (TPSA) is 0 Å². The molecule has 16 heavy (non-hydrogen) atoms.